The van der Waals surface area contributed by atoms with Gasteiger partial charge in [0.15, 0.2) is 0 Å². The lowest BCUT2D eigenvalue weighted by atomic mass is 9.84. The normalized spacial score (nSPS) is 17.9. The van der Waals surface area contributed by atoms with Crippen LogP contribution in [0, 0.1) is 0 Å². The Morgan fingerprint density at radius 1 is 1.64 bits per heavy atom. The van der Waals surface area contributed by atoms with Gasteiger partial charge in [-0.2, -0.15) is 0 Å². The second-order valence-electron chi connectivity index (χ2n) is 2.86. The van der Waals surface area contributed by atoms with E-state index in [4.69, 9.17) is 21.1 Å². The zero-order valence-corrected chi connectivity index (χ0v) is 7.29. The summed E-state index contributed by atoms with van der Waals surface area (Å²) in [5.41, 5.74) is 4.96. The molecule has 0 fully saturated rings. The molecule has 1 rings (SSSR count). The molecule has 5 N–H and O–H groups in total. The number of aliphatic carboxylic acids is 1. The highest BCUT2D eigenvalue weighted by Gasteiger charge is 2.20. The number of nitrogens with zero attached hydrogens (tertiary/aromatic N) is 1. The highest BCUT2D eigenvalue weighted by atomic mass is 16.4. The number of allylic oxidation sites excluding steroid dienone is 1. The Balaban J connectivity index is 2.52. The molecule has 0 aromatic heterocycles. The first kappa shape index (κ1) is 10.5. The van der Waals surface area contributed by atoms with Crippen LogP contribution in [0.2, 0.25) is 0 Å². The van der Waals surface area contributed by atoms with E-state index in [9.17, 15) is 4.79 Å². The lowest BCUT2D eigenvalue weighted by Crippen LogP contribution is -2.43. The number of carbonyl (C=O) groups is 1. The number of rotatable bonds is 3. The van der Waals surface area contributed by atoms with Crippen LogP contribution in [0.3, 0.4) is 0 Å². The predicted octanol–water partition coefficient (Wildman–Crippen LogP) is -0.868. The molecule has 1 radical (unpaired) electrons. The van der Waals surface area contributed by atoms with E-state index in [-0.39, 0.29) is 18.0 Å². The largest absolute Gasteiger partial charge is 0.517 e. The summed E-state index contributed by atoms with van der Waals surface area (Å²) in [5, 5.41) is 26.6. The minimum absolute atomic E-state index is 0.0309. The van der Waals surface area contributed by atoms with Crippen molar-refractivity contribution in [3.8, 4) is 0 Å². The first-order chi connectivity index (χ1) is 6.50. The summed E-state index contributed by atoms with van der Waals surface area (Å²) in [4.78, 5) is 11.8. The van der Waals surface area contributed by atoms with E-state index in [1.807, 2.05) is 0 Å². The van der Waals surface area contributed by atoms with Crippen molar-refractivity contribution >= 4 is 13.4 Å². The average molecular weight is 197 g/mol. The van der Waals surface area contributed by atoms with Gasteiger partial charge in [-0.25, -0.2) is 0 Å². The highest BCUT2D eigenvalue weighted by molar-refractivity contribution is 6.42. The van der Waals surface area contributed by atoms with Gasteiger partial charge in [-0.15, -0.1) is 0 Å². The Morgan fingerprint density at radius 2 is 2.29 bits per heavy atom. The lowest BCUT2D eigenvalue weighted by Gasteiger charge is -2.23. The third-order valence-corrected chi connectivity index (χ3v) is 1.70. The molecular weight excluding hydrogens is 187 g/mol. The van der Waals surface area contributed by atoms with Gasteiger partial charge in [-0.1, -0.05) is 0 Å². The maximum absolute atomic E-state index is 10.4. The fourth-order valence-corrected chi connectivity index (χ4v) is 0.937. The van der Waals surface area contributed by atoms with E-state index < -0.39 is 12.0 Å². The third kappa shape index (κ3) is 2.43. The zero-order valence-electron chi connectivity index (χ0n) is 7.29. The van der Waals surface area contributed by atoms with Crippen LogP contribution in [0.5, 0.6) is 0 Å². The molecular formula is C7H10BN2O4. The van der Waals surface area contributed by atoms with Crippen molar-refractivity contribution in [3.05, 3.63) is 23.7 Å². The van der Waals surface area contributed by atoms with E-state index in [2.05, 4.69) is 0 Å². The summed E-state index contributed by atoms with van der Waals surface area (Å²) >= 11 is 0. The quantitative estimate of drug-likeness (QED) is 0.438. The van der Waals surface area contributed by atoms with Crippen LogP contribution in [0.15, 0.2) is 23.7 Å². The first-order valence-electron chi connectivity index (χ1n) is 3.90. The minimum Gasteiger partial charge on any atom is -0.517 e. The van der Waals surface area contributed by atoms with E-state index >= 15 is 0 Å². The van der Waals surface area contributed by atoms with Crippen molar-refractivity contribution in [2.45, 2.75) is 6.04 Å². The van der Waals surface area contributed by atoms with Crippen molar-refractivity contribution in [3.63, 3.8) is 0 Å². The van der Waals surface area contributed by atoms with Crippen molar-refractivity contribution in [2.24, 2.45) is 5.73 Å². The van der Waals surface area contributed by atoms with E-state index in [0.29, 0.717) is 0 Å². The van der Waals surface area contributed by atoms with Crippen LogP contribution in [0.1, 0.15) is 0 Å². The van der Waals surface area contributed by atoms with Gasteiger partial charge in [0.25, 0.3) is 0 Å². The molecule has 1 aliphatic rings. The van der Waals surface area contributed by atoms with Crippen molar-refractivity contribution in [1.29, 1.82) is 0 Å². The van der Waals surface area contributed by atoms with Gasteiger partial charge in [-0.3, -0.25) is 4.79 Å². The molecule has 14 heavy (non-hydrogen) atoms. The second kappa shape index (κ2) is 4.06. The molecule has 7 heteroatoms. The molecule has 0 spiro atoms. The van der Waals surface area contributed by atoms with E-state index in [0.717, 1.165) is 0 Å². The van der Waals surface area contributed by atoms with Gasteiger partial charge >= 0.3 is 13.4 Å². The molecule has 0 saturated heterocycles. The van der Waals surface area contributed by atoms with Crippen LogP contribution in [0.4, 0.5) is 0 Å². The minimum atomic E-state index is -1.12. The predicted molar refractivity (Wildman–Crippen MR) is 49.5 cm³/mol. The fourth-order valence-electron chi connectivity index (χ4n) is 0.937. The van der Waals surface area contributed by atoms with Gasteiger partial charge in [0.2, 0.25) is 0 Å². The third-order valence-electron chi connectivity index (χ3n) is 1.70. The number of carboxylic acids is 1. The molecule has 0 amide bonds. The molecule has 0 aromatic carbocycles. The van der Waals surface area contributed by atoms with Gasteiger partial charge in [0.05, 0.1) is 0 Å². The summed E-state index contributed by atoms with van der Waals surface area (Å²) in [6, 6.07) is -1.04. The molecule has 1 aliphatic heterocycles. The molecule has 75 valence electrons. The Morgan fingerprint density at radius 3 is 2.79 bits per heavy atom. The number of hydrogen-bond donors (Lipinski definition) is 4. The van der Waals surface area contributed by atoms with Crippen molar-refractivity contribution < 1.29 is 20.1 Å². The Kier molecular flexibility index (Phi) is 3.03. The Hall–Kier alpha value is -1.63. The van der Waals surface area contributed by atoms with Crippen LogP contribution >= 0.6 is 0 Å². The summed E-state index contributed by atoms with van der Waals surface area (Å²) in [6.45, 7) is 0.0309. The van der Waals surface area contributed by atoms with Crippen molar-refractivity contribution in [1.82, 2.24) is 4.81 Å². The monoisotopic (exact) mass is 197 g/mol. The molecule has 6 nitrogen and oxygen atoms in total. The maximum Gasteiger partial charge on any atom is 0.337 e. The lowest BCUT2D eigenvalue weighted by molar-refractivity contribution is -0.138. The first-order valence-corrected chi connectivity index (χ1v) is 3.90. The Bertz CT molecular complexity index is 302. The van der Waals surface area contributed by atoms with E-state index in [1.165, 1.54) is 24.5 Å². The number of nitrogens with two attached hydrogens (primary N) is 1. The van der Waals surface area contributed by atoms with Crippen LogP contribution in [-0.2, 0) is 4.79 Å². The molecule has 1 atom stereocenters. The SMILES string of the molecule is NC(CN1[B]C(O)=C(O)C=C1)C(=O)O. The Labute approximate surface area is 81.2 Å². The van der Waals surface area contributed by atoms with Gasteiger partial charge in [-0.05, 0) is 12.3 Å². The van der Waals surface area contributed by atoms with Gasteiger partial charge in [0, 0.05) is 6.54 Å². The topological polar surface area (TPSA) is 107 Å². The van der Waals surface area contributed by atoms with Gasteiger partial charge < -0.3 is 25.9 Å². The zero-order chi connectivity index (χ0) is 10.7. The summed E-state index contributed by atoms with van der Waals surface area (Å²) in [5.74, 6) is -1.38. The van der Waals surface area contributed by atoms with Crippen molar-refractivity contribution in [2.75, 3.05) is 6.54 Å². The molecule has 0 aromatic rings. The summed E-state index contributed by atoms with van der Waals surface area (Å²) < 4.78 is 0. The average Bonchev–Trinajstić information content (AvgIpc) is 2.11. The fraction of sp³-hybridized carbons (Fsp3) is 0.286. The van der Waals surface area contributed by atoms with E-state index in [1.54, 1.807) is 0 Å². The molecule has 1 unspecified atom stereocenters. The van der Waals surface area contributed by atoms with Gasteiger partial charge in [0.1, 0.15) is 17.5 Å². The molecule has 1 heterocycles. The molecule has 0 aliphatic carbocycles. The number of aliphatic hydroxyl groups excluding tert-OH is 2. The smallest absolute Gasteiger partial charge is 0.337 e. The molecule has 0 bridgehead atoms. The van der Waals surface area contributed by atoms with Crippen LogP contribution in [-0.4, -0.2) is 46.1 Å². The highest BCUT2D eigenvalue weighted by Crippen LogP contribution is 2.08. The van der Waals surface area contributed by atoms with Crippen LogP contribution in [0.25, 0.3) is 0 Å². The summed E-state index contributed by atoms with van der Waals surface area (Å²) in [6.07, 6.45) is 2.68. The second-order valence-corrected chi connectivity index (χ2v) is 2.86. The maximum atomic E-state index is 10.4. The van der Waals surface area contributed by atoms with Crippen LogP contribution < -0.4 is 5.73 Å². The number of carboxylic acid groups (broad SMARTS) is 1. The molecule has 0 saturated carbocycles. The number of hydrogen-bond acceptors (Lipinski definition) is 5. The number of aliphatic hydroxyl groups is 2. The summed E-state index contributed by atoms with van der Waals surface area (Å²) in [7, 11) is 1.21. The standard InChI is InChI=1S/C7H10BN2O4/c9-4(7(13)14)3-10-2-1-5(11)6(12)8-10/h1-2,4,11-12H,3,9H2,(H,13,14).